The summed E-state index contributed by atoms with van der Waals surface area (Å²) >= 11 is 0. The molecule has 1 atom stereocenters. The van der Waals surface area contributed by atoms with Crippen molar-refractivity contribution in [1.82, 2.24) is 9.97 Å². The molecule has 1 unspecified atom stereocenters. The molecule has 38 heavy (non-hydrogen) atoms. The number of hydrogen-bond acceptors (Lipinski definition) is 5. The smallest absolute Gasteiger partial charge is 0.335 e. The second-order valence-corrected chi connectivity index (χ2v) is 12.1. The largest absolute Gasteiger partial charge is 0.478 e. The molecule has 7 heteroatoms. The van der Waals surface area contributed by atoms with Crippen molar-refractivity contribution >= 4 is 18.2 Å². The topological polar surface area (TPSA) is 90.8 Å². The molecule has 4 bridgehead atoms. The fraction of sp³-hybridized carbons (Fsp3) is 0.452. The van der Waals surface area contributed by atoms with Crippen molar-refractivity contribution in [3.63, 3.8) is 0 Å². The van der Waals surface area contributed by atoms with Crippen molar-refractivity contribution in [1.29, 1.82) is 0 Å². The van der Waals surface area contributed by atoms with E-state index < -0.39 is 12.1 Å². The molecule has 3 aromatic rings. The van der Waals surface area contributed by atoms with Crippen molar-refractivity contribution in [2.75, 3.05) is 5.06 Å². The number of carbonyl (C=O) groups is 1. The highest BCUT2D eigenvalue weighted by Gasteiger charge is 2.50. The molecule has 2 N–H and O–H groups in total. The number of hydrogen-bond donors (Lipinski definition) is 2. The van der Waals surface area contributed by atoms with Crippen LogP contribution >= 0.6 is 0 Å². The summed E-state index contributed by atoms with van der Waals surface area (Å²) in [5.41, 5.74) is 4.73. The monoisotopic (exact) mass is 510 g/mol. The number of anilines is 1. The van der Waals surface area contributed by atoms with Crippen molar-refractivity contribution in [2.24, 2.45) is 28.2 Å². The van der Waals surface area contributed by atoms with Crippen LogP contribution in [-0.2, 0) is 11.3 Å². The number of carboxylic acid groups (broad SMARTS) is 1. The maximum absolute atomic E-state index is 11.6. The minimum Gasteiger partial charge on any atom is -0.478 e. The van der Waals surface area contributed by atoms with Crippen LogP contribution in [0, 0.1) is 30.1 Å². The zero-order valence-electron chi connectivity index (χ0n) is 21.8. The Morgan fingerprint density at radius 2 is 1.82 bits per heavy atom. The summed E-state index contributed by atoms with van der Waals surface area (Å²) in [5, 5.41) is 11.3. The van der Waals surface area contributed by atoms with Crippen LogP contribution in [0.15, 0.2) is 53.5 Å². The van der Waals surface area contributed by atoms with Crippen LogP contribution in [0.1, 0.15) is 78.3 Å². The van der Waals surface area contributed by atoms with E-state index in [-0.39, 0.29) is 5.56 Å². The van der Waals surface area contributed by atoms with Gasteiger partial charge in [0.1, 0.15) is 5.82 Å². The molecule has 8 rings (SSSR count). The van der Waals surface area contributed by atoms with Gasteiger partial charge in [0, 0.05) is 11.1 Å². The zero-order valence-corrected chi connectivity index (χ0v) is 21.8. The lowest BCUT2D eigenvalue weighted by Crippen LogP contribution is -2.46. The number of aliphatic imine (C=N–C) groups is 1. The summed E-state index contributed by atoms with van der Waals surface area (Å²) in [4.78, 5) is 30.8. The van der Waals surface area contributed by atoms with Crippen LogP contribution in [0.5, 0.6) is 0 Å². The van der Waals surface area contributed by atoms with E-state index in [0.29, 0.717) is 5.41 Å². The summed E-state index contributed by atoms with van der Waals surface area (Å²) < 4.78 is 0. The Morgan fingerprint density at radius 1 is 1.08 bits per heavy atom. The number of aromatic amines is 1. The van der Waals surface area contributed by atoms with Gasteiger partial charge in [0.25, 0.3) is 0 Å². The van der Waals surface area contributed by atoms with Crippen molar-refractivity contribution in [3.8, 4) is 11.4 Å². The molecule has 0 amide bonds. The Bertz CT molecular complexity index is 1370. The summed E-state index contributed by atoms with van der Waals surface area (Å²) in [6.45, 7) is 2.10. The number of aryl methyl sites for hydroxylation is 2. The summed E-state index contributed by atoms with van der Waals surface area (Å²) in [5.74, 6) is 3.37. The lowest BCUT2D eigenvalue weighted by Gasteiger charge is -2.57. The third-order valence-corrected chi connectivity index (χ3v) is 9.45. The average molecular weight is 511 g/mol. The summed E-state index contributed by atoms with van der Waals surface area (Å²) in [7, 11) is 0. The summed E-state index contributed by atoms with van der Waals surface area (Å²) in [6.07, 6.45) is 11.5. The van der Waals surface area contributed by atoms with E-state index >= 15 is 0 Å². The first-order chi connectivity index (χ1) is 18.5. The van der Waals surface area contributed by atoms with E-state index in [2.05, 4.69) is 29.0 Å². The van der Waals surface area contributed by atoms with Crippen LogP contribution < -0.4 is 5.06 Å². The minimum atomic E-state index is -0.959. The van der Waals surface area contributed by atoms with Gasteiger partial charge in [0.2, 0.25) is 6.40 Å². The molecule has 5 aliphatic rings. The molecule has 0 radical (unpaired) electrons. The molecular formula is C31H34N4O3. The van der Waals surface area contributed by atoms with Crippen LogP contribution in [0.2, 0.25) is 0 Å². The Balaban J connectivity index is 1.23. The zero-order chi connectivity index (χ0) is 25.9. The van der Waals surface area contributed by atoms with E-state index in [9.17, 15) is 9.90 Å². The summed E-state index contributed by atoms with van der Waals surface area (Å²) in [6, 6.07) is 15.2. The number of H-pyrrole nitrogens is 1. The number of hydroxylamine groups is 1. The first kappa shape index (κ1) is 23.5. The molecule has 0 spiro atoms. The molecule has 1 aliphatic heterocycles. The highest BCUT2D eigenvalue weighted by Crippen LogP contribution is 2.61. The van der Waals surface area contributed by atoms with Gasteiger partial charge in [-0.05, 0) is 99.2 Å². The molecule has 196 valence electrons. The Labute approximate surface area is 222 Å². The van der Waals surface area contributed by atoms with Gasteiger partial charge in [0.05, 0.1) is 11.3 Å². The number of rotatable bonds is 7. The third kappa shape index (κ3) is 4.08. The molecule has 4 aliphatic carbocycles. The van der Waals surface area contributed by atoms with Gasteiger partial charge in [-0.2, -0.15) is 5.06 Å². The second-order valence-electron chi connectivity index (χ2n) is 12.1. The normalized spacial score (nSPS) is 29.1. The second kappa shape index (κ2) is 9.00. The van der Waals surface area contributed by atoms with Crippen molar-refractivity contribution in [3.05, 3.63) is 70.9 Å². The number of carboxylic acids is 1. The van der Waals surface area contributed by atoms with Gasteiger partial charge in [0.15, 0.2) is 12.0 Å². The van der Waals surface area contributed by atoms with E-state index in [4.69, 9.17) is 9.82 Å². The number of imidazole rings is 1. The molecule has 0 saturated heterocycles. The maximum atomic E-state index is 11.6. The minimum absolute atomic E-state index is 0.231. The highest BCUT2D eigenvalue weighted by molar-refractivity contribution is 5.87. The van der Waals surface area contributed by atoms with Crippen molar-refractivity contribution in [2.45, 2.75) is 64.5 Å². The predicted octanol–water partition coefficient (Wildman–Crippen LogP) is 6.71. The lowest BCUT2D eigenvalue weighted by molar-refractivity contribution is -0.0570. The van der Waals surface area contributed by atoms with Gasteiger partial charge in [-0.15, -0.1) is 0 Å². The molecule has 2 heterocycles. The first-order valence-electron chi connectivity index (χ1n) is 13.9. The van der Waals surface area contributed by atoms with E-state index in [1.165, 1.54) is 44.9 Å². The number of nitrogens with one attached hydrogen (secondary N) is 1. The predicted molar refractivity (Wildman–Crippen MR) is 146 cm³/mol. The number of aromatic nitrogens is 2. The fourth-order valence-electron chi connectivity index (χ4n) is 8.18. The van der Waals surface area contributed by atoms with Crippen LogP contribution in [0.25, 0.3) is 11.4 Å². The molecular weight excluding hydrogens is 476 g/mol. The van der Waals surface area contributed by atoms with Gasteiger partial charge in [-0.1, -0.05) is 36.4 Å². The van der Waals surface area contributed by atoms with Crippen LogP contribution in [-0.4, -0.2) is 27.4 Å². The van der Waals surface area contributed by atoms with E-state index in [1.54, 1.807) is 23.3 Å². The first-order valence-corrected chi connectivity index (χ1v) is 13.9. The molecule has 2 aromatic carbocycles. The van der Waals surface area contributed by atoms with Gasteiger partial charge >= 0.3 is 5.97 Å². The van der Waals surface area contributed by atoms with E-state index in [0.717, 1.165) is 64.6 Å². The average Bonchev–Trinajstić information content (AvgIpc) is 3.54. The number of nitrogens with zero attached hydrogens (tertiary/aromatic N) is 3. The molecule has 4 fully saturated rings. The quantitative estimate of drug-likeness (QED) is 0.369. The standard InChI is InChI=1S/C31H34N4O3/c1-19-5-2-3-8-25(19)27-33-26(9-10-31-15-20-11-21(16-31)13-22(12-20)17-31)29(34-27)35-28(32-18-38-35)23-6-4-7-24(14-23)30(36)37/h2-8,14,18,20-22,28H,9-13,15-17H2,1H3,(H,33,34)(H,36,37). The van der Waals surface area contributed by atoms with Gasteiger partial charge in [-0.25, -0.2) is 14.8 Å². The molecule has 4 saturated carbocycles. The van der Waals surface area contributed by atoms with Crippen molar-refractivity contribution < 1.29 is 14.7 Å². The van der Waals surface area contributed by atoms with Gasteiger partial charge < -0.3 is 14.9 Å². The molecule has 1 aromatic heterocycles. The Hall–Kier alpha value is -3.61. The third-order valence-electron chi connectivity index (χ3n) is 9.45. The van der Waals surface area contributed by atoms with E-state index in [1.807, 2.05) is 18.2 Å². The SMILES string of the molecule is Cc1ccccc1-c1nc(N2OC=NC2c2cccc(C(=O)O)c2)c(CCC23CC4CC(CC(C4)C2)C3)[nH]1. The van der Waals surface area contributed by atoms with Crippen LogP contribution in [0.3, 0.4) is 0 Å². The maximum Gasteiger partial charge on any atom is 0.335 e. The highest BCUT2D eigenvalue weighted by atomic mass is 16.7. The van der Waals surface area contributed by atoms with Crippen LogP contribution in [0.4, 0.5) is 5.82 Å². The Morgan fingerprint density at radius 3 is 2.53 bits per heavy atom. The fourth-order valence-corrected chi connectivity index (χ4v) is 8.18. The molecule has 7 nitrogen and oxygen atoms in total. The Kier molecular flexibility index (Phi) is 5.57. The lowest BCUT2D eigenvalue weighted by atomic mass is 9.48. The number of aromatic carboxylic acids is 1. The number of benzene rings is 2. The van der Waals surface area contributed by atoms with Gasteiger partial charge in [-0.3, -0.25) is 0 Å².